The molecule has 2 aromatic carbocycles. The van der Waals surface area contributed by atoms with Gasteiger partial charge in [-0.05, 0) is 62.1 Å². The van der Waals surface area contributed by atoms with Gasteiger partial charge < -0.3 is 10.6 Å². The molecule has 3 rings (SSSR count). The summed E-state index contributed by atoms with van der Waals surface area (Å²) in [6.07, 6.45) is 1.12. The fourth-order valence-corrected chi connectivity index (χ4v) is 2.87. The average molecular weight is 343 g/mol. The highest BCUT2D eigenvalue weighted by atomic mass is 35.5. The van der Waals surface area contributed by atoms with Crippen LogP contribution in [0.5, 0.6) is 0 Å². The van der Waals surface area contributed by atoms with Gasteiger partial charge in [0.15, 0.2) is 0 Å². The molecule has 0 aliphatic heterocycles. The third-order valence-corrected chi connectivity index (χ3v) is 4.68. The topological polar surface area (TPSA) is 58.2 Å². The summed E-state index contributed by atoms with van der Waals surface area (Å²) in [4.78, 5) is 25.3. The number of aryl methyl sites for hydroxylation is 2. The second kappa shape index (κ2) is 6.29. The first-order valence-electron chi connectivity index (χ1n) is 7.87. The highest BCUT2D eigenvalue weighted by Crippen LogP contribution is 2.47. The van der Waals surface area contributed by atoms with Crippen molar-refractivity contribution < 1.29 is 9.59 Å². The van der Waals surface area contributed by atoms with Gasteiger partial charge in [-0.15, -0.1) is 0 Å². The lowest BCUT2D eigenvalue weighted by Crippen LogP contribution is -2.36. The highest BCUT2D eigenvalue weighted by molar-refractivity contribution is 6.30. The molecule has 0 unspecified atom stereocenters. The maximum Gasteiger partial charge on any atom is 0.240 e. The molecular weight excluding hydrogens is 324 g/mol. The van der Waals surface area contributed by atoms with Crippen molar-refractivity contribution in [3.8, 4) is 0 Å². The van der Waals surface area contributed by atoms with E-state index in [0.717, 1.165) is 16.8 Å². The van der Waals surface area contributed by atoms with Crippen LogP contribution in [0.15, 0.2) is 42.5 Å². The van der Waals surface area contributed by atoms with Crippen LogP contribution in [-0.2, 0) is 9.59 Å². The quantitative estimate of drug-likeness (QED) is 0.813. The van der Waals surface area contributed by atoms with Crippen LogP contribution in [0.4, 0.5) is 11.4 Å². The van der Waals surface area contributed by atoms with E-state index in [4.69, 9.17) is 11.6 Å². The van der Waals surface area contributed by atoms with Gasteiger partial charge in [0, 0.05) is 16.4 Å². The summed E-state index contributed by atoms with van der Waals surface area (Å²) in [5, 5.41) is 6.36. The molecule has 0 bridgehead atoms. The zero-order valence-electron chi connectivity index (χ0n) is 13.7. The molecule has 1 aliphatic rings. The first-order chi connectivity index (χ1) is 11.4. The summed E-state index contributed by atoms with van der Waals surface area (Å²) in [5.74, 6) is -0.514. The lowest BCUT2D eigenvalue weighted by molar-refractivity contribution is -0.131. The molecular formula is C19H19ClN2O2. The Kier molecular flexibility index (Phi) is 4.33. The van der Waals surface area contributed by atoms with E-state index in [1.54, 1.807) is 18.2 Å². The maximum absolute atomic E-state index is 12.6. The van der Waals surface area contributed by atoms with E-state index >= 15 is 0 Å². The second-order valence-corrected chi connectivity index (χ2v) is 6.70. The second-order valence-electron chi connectivity index (χ2n) is 6.26. The SMILES string of the molecule is Cc1ccccc1NC(=O)C1(C(=O)Nc2ccc(Cl)cc2C)CC1. The first-order valence-corrected chi connectivity index (χ1v) is 8.25. The van der Waals surface area contributed by atoms with Gasteiger partial charge >= 0.3 is 0 Å². The van der Waals surface area contributed by atoms with E-state index in [0.29, 0.717) is 23.6 Å². The van der Waals surface area contributed by atoms with E-state index < -0.39 is 5.41 Å². The van der Waals surface area contributed by atoms with E-state index in [1.165, 1.54) is 0 Å². The molecule has 124 valence electrons. The minimum absolute atomic E-state index is 0.249. The Morgan fingerprint density at radius 2 is 1.50 bits per heavy atom. The van der Waals surface area contributed by atoms with Crippen LogP contribution < -0.4 is 10.6 Å². The van der Waals surface area contributed by atoms with Gasteiger partial charge in [-0.25, -0.2) is 0 Å². The number of para-hydroxylation sites is 1. The third-order valence-electron chi connectivity index (χ3n) is 4.45. The van der Waals surface area contributed by atoms with Gasteiger partial charge in [-0.2, -0.15) is 0 Å². The van der Waals surface area contributed by atoms with Crippen LogP contribution in [-0.4, -0.2) is 11.8 Å². The monoisotopic (exact) mass is 342 g/mol. The molecule has 0 radical (unpaired) electrons. The smallest absolute Gasteiger partial charge is 0.240 e. The normalized spacial score (nSPS) is 14.8. The Hall–Kier alpha value is -2.33. The number of rotatable bonds is 4. The number of carbonyl (C=O) groups excluding carboxylic acids is 2. The summed E-state index contributed by atoms with van der Waals surface area (Å²) in [7, 11) is 0. The van der Waals surface area contributed by atoms with Crippen molar-refractivity contribution >= 4 is 34.8 Å². The Morgan fingerprint density at radius 1 is 0.917 bits per heavy atom. The molecule has 4 nitrogen and oxygen atoms in total. The molecule has 1 saturated carbocycles. The molecule has 5 heteroatoms. The van der Waals surface area contributed by atoms with Gasteiger partial charge in [-0.1, -0.05) is 29.8 Å². The standard InChI is InChI=1S/C19H19ClN2O2/c1-12-5-3-4-6-15(12)21-17(23)19(9-10-19)18(24)22-16-8-7-14(20)11-13(16)2/h3-8,11H,9-10H2,1-2H3,(H,21,23)(H,22,24). The van der Waals surface area contributed by atoms with Crippen LogP contribution in [0.25, 0.3) is 0 Å². The molecule has 1 aliphatic carbocycles. The van der Waals surface area contributed by atoms with Gasteiger partial charge in [0.2, 0.25) is 11.8 Å². The zero-order valence-corrected chi connectivity index (χ0v) is 14.4. The lowest BCUT2D eigenvalue weighted by Gasteiger charge is -2.17. The fraction of sp³-hybridized carbons (Fsp3) is 0.263. The molecule has 24 heavy (non-hydrogen) atoms. The van der Waals surface area contributed by atoms with E-state index in [-0.39, 0.29) is 11.8 Å². The van der Waals surface area contributed by atoms with Gasteiger partial charge in [-0.3, -0.25) is 9.59 Å². The van der Waals surface area contributed by atoms with Gasteiger partial charge in [0.25, 0.3) is 0 Å². The molecule has 0 saturated heterocycles. The van der Waals surface area contributed by atoms with Gasteiger partial charge in [0.05, 0.1) is 0 Å². The summed E-state index contributed by atoms with van der Waals surface area (Å²) in [6.45, 7) is 3.79. The molecule has 0 atom stereocenters. The predicted molar refractivity (Wildman–Crippen MR) is 96.3 cm³/mol. The third kappa shape index (κ3) is 3.15. The van der Waals surface area contributed by atoms with Crippen LogP contribution in [0.3, 0.4) is 0 Å². The largest absolute Gasteiger partial charge is 0.325 e. The van der Waals surface area contributed by atoms with Crippen molar-refractivity contribution in [2.24, 2.45) is 5.41 Å². The summed E-state index contributed by atoms with van der Waals surface area (Å²) in [6, 6.07) is 12.8. The van der Waals surface area contributed by atoms with E-state index in [2.05, 4.69) is 10.6 Å². The number of carbonyl (C=O) groups is 2. The van der Waals surface area contributed by atoms with Crippen molar-refractivity contribution in [3.05, 3.63) is 58.6 Å². The average Bonchev–Trinajstić information content (AvgIpc) is 3.34. The number of hydrogen-bond acceptors (Lipinski definition) is 2. The zero-order chi connectivity index (χ0) is 17.3. The Balaban J connectivity index is 1.74. The van der Waals surface area contributed by atoms with Crippen molar-refractivity contribution in [1.82, 2.24) is 0 Å². The number of nitrogens with one attached hydrogen (secondary N) is 2. The molecule has 0 spiro atoms. The van der Waals surface area contributed by atoms with Crippen molar-refractivity contribution in [2.75, 3.05) is 10.6 Å². The van der Waals surface area contributed by atoms with E-state index in [1.807, 2.05) is 38.1 Å². The number of halogens is 1. The molecule has 0 heterocycles. The van der Waals surface area contributed by atoms with Crippen LogP contribution in [0.1, 0.15) is 24.0 Å². The molecule has 0 aromatic heterocycles. The number of amides is 2. The number of hydrogen-bond donors (Lipinski definition) is 2. The Morgan fingerprint density at radius 3 is 2.04 bits per heavy atom. The van der Waals surface area contributed by atoms with Gasteiger partial charge in [0.1, 0.15) is 5.41 Å². The summed E-state index contributed by atoms with van der Waals surface area (Å²) < 4.78 is 0. The number of anilines is 2. The first kappa shape index (κ1) is 16.5. The van der Waals surface area contributed by atoms with Crippen molar-refractivity contribution in [1.29, 1.82) is 0 Å². The van der Waals surface area contributed by atoms with Crippen LogP contribution in [0, 0.1) is 19.3 Å². The number of benzene rings is 2. The predicted octanol–water partition coefficient (Wildman–Crippen LogP) is 4.31. The minimum Gasteiger partial charge on any atom is -0.325 e. The summed E-state index contributed by atoms with van der Waals surface area (Å²) >= 11 is 5.93. The fourth-order valence-electron chi connectivity index (χ4n) is 2.65. The highest BCUT2D eigenvalue weighted by Gasteiger charge is 2.56. The Labute approximate surface area is 146 Å². The Bertz CT molecular complexity index is 813. The molecule has 1 fully saturated rings. The van der Waals surface area contributed by atoms with Crippen LogP contribution in [0.2, 0.25) is 5.02 Å². The summed E-state index contributed by atoms with van der Waals surface area (Å²) in [5.41, 5.74) is 2.28. The molecule has 2 amide bonds. The van der Waals surface area contributed by atoms with E-state index in [9.17, 15) is 9.59 Å². The minimum atomic E-state index is -0.978. The van der Waals surface area contributed by atoms with Crippen LogP contribution >= 0.6 is 11.6 Å². The maximum atomic E-state index is 12.6. The van der Waals surface area contributed by atoms with Crippen molar-refractivity contribution in [3.63, 3.8) is 0 Å². The lowest BCUT2D eigenvalue weighted by atomic mass is 10.0. The molecule has 2 N–H and O–H groups in total. The molecule has 2 aromatic rings. The van der Waals surface area contributed by atoms with Crippen molar-refractivity contribution in [2.45, 2.75) is 26.7 Å².